The highest BCUT2D eigenvalue weighted by Gasteiger charge is 2.62. The molecule has 2 aliphatic rings. The standard InChI is InChI=1S/C38H37N3O5/c1-5-46-37(43)32-26-39(30-20-22-31(44-3)23-21-30)35(27(2)36(42)45-4)38(32)40(24-28-14-8-6-9-15-28)33-18-12-13-19-34(33)41(38)25-29-16-10-7-11-17-29/h6-23,26H,5,24-25H2,1-4H3/b35-27+. The van der Waals surface area contributed by atoms with E-state index in [-0.39, 0.29) is 6.61 Å². The molecule has 8 nitrogen and oxygen atoms in total. The van der Waals surface area contributed by atoms with Crippen LogP contribution in [-0.4, -0.2) is 38.4 Å². The number of carbonyl (C=O) groups excluding carboxylic acids is 2. The van der Waals surface area contributed by atoms with Crippen LogP contribution in [0.5, 0.6) is 5.75 Å². The molecule has 8 heteroatoms. The third-order valence-corrected chi connectivity index (χ3v) is 8.51. The molecule has 46 heavy (non-hydrogen) atoms. The summed E-state index contributed by atoms with van der Waals surface area (Å²) in [5.41, 5.74) is 4.68. The molecule has 2 aliphatic heterocycles. The minimum atomic E-state index is -1.31. The van der Waals surface area contributed by atoms with Crippen LogP contribution in [0, 0.1) is 0 Å². The van der Waals surface area contributed by atoms with Gasteiger partial charge in [-0.2, -0.15) is 0 Å². The van der Waals surface area contributed by atoms with E-state index >= 15 is 0 Å². The summed E-state index contributed by atoms with van der Waals surface area (Å²) in [7, 11) is 2.99. The lowest BCUT2D eigenvalue weighted by Gasteiger charge is -2.46. The Hall–Kier alpha value is -5.50. The maximum Gasteiger partial charge on any atom is 0.340 e. The molecule has 234 valence electrons. The second-order valence-corrected chi connectivity index (χ2v) is 11.1. The minimum absolute atomic E-state index is 0.189. The van der Waals surface area contributed by atoms with E-state index in [2.05, 4.69) is 46.2 Å². The van der Waals surface area contributed by atoms with Crippen LogP contribution in [0.2, 0.25) is 0 Å². The lowest BCUT2D eigenvalue weighted by atomic mass is 9.91. The highest BCUT2D eigenvalue weighted by molar-refractivity contribution is 6.04. The Bertz CT molecular complexity index is 1720. The Morgan fingerprint density at radius 3 is 1.72 bits per heavy atom. The molecule has 0 amide bonds. The van der Waals surface area contributed by atoms with Crippen LogP contribution in [-0.2, 0) is 32.2 Å². The van der Waals surface area contributed by atoms with Crippen molar-refractivity contribution in [1.82, 2.24) is 0 Å². The van der Waals surface area contributed by atoms with Crippen molar-refractivity contribution in [3.63, 3.8) is 0 Å². The molecule has 0 saturated carbocycles. The zero-order valence-corrected chi connectivity index (χ0v) is 26.5. The Morgan fingerprint density at radius 1 is 0.717 bits per heavy atom. The molecular weight excluding hydrogens is 578 g/mol. The Labute approximate surface area is 269 Å². The first-order chi connectivity index (χ1) is 22.4. The predicted octanol–water partition coefficient (Wildman–Crippen LogP) is 6.83. The highest BCUT2D eigenvalue weighted by Crippen LogP contribution is 2.57. The van der Waals surface area contributed by atoms with Crippen LogP contribution in [0.3, 0.4) is 0 Å². The van der Waals surface area contributed by atoms with Crippen molar-refractivity contribution < 1.29 is 23.8 Å². The number of esters is 2. The van der Waals surface area contributed by atoms with Crippen molar-refractivity contribution in [3.8, 4) is 5.75 Å². The molecule has 4 aromatic carbocycles. The topological polar surface area (TPSA) is 71.5 Å². The molecule has 0 N–H and O–H groups in total. The van der Waals surface area contributed by atoms with Gasteiger partial charge in [-0.3, -0.25) is 0 Å². The van der Waals surface area contributed by atoms with Gasteiger partial charge in [-0.1, -0.05) is 72.8 Å². The van der Waals surface area contributed by atoms with Crippen LogP contribution >= 0.6 is 0 Å². The number of nitrogens with zero attached hydrogens (tertiary/aromatic N) is 3. The fourth-order valence-corrected chi connectivity index (χ4v) is 6.51. The Balaban J connectivity index is 1.70. The summed E-state index contributed by atoms with van der Waals surface area (Å²) in [6, 6.07) is 35.9. The number of carbonyl (C=O) groups is 2. The molecule has 6 rings (SSSR count). The summed E-state index contributed by atoms with van der Waals surface area (Å²) in [5, 5.41) is 0. The molecule has 4 aromatic rings. The van der Waals surface area contributed by atoms with E-state index in [0.717, 1.165) is 28.2 Å². The van der Waals surface area contributed by atoms with Gasteiger partial charge in [0.05, 0.1) is 43.5 Å². The van der Waals surface area contributed by atoms with Gasteiger partial charge >= 0.3 is 11.9 Å². The minimum Gasteiger partial charge on any atom is -0.497 e. The largest absolute Gasteiger partial charge is 0.497 e. The van der Waals surface area contributed by atoms with Crippen molar-refractivity contribution in [2.75, 3.05) is 35.5 Å². The van der Waals surface area contributed by atoms with Crippen LogP contribution in [0.15, 0.2) is 132 Å². The summed E-state index contributed by atoms with van der Waals surface area (Å²) >= 11 is 0. The fraction of sp³-hybridized carbons (Fsp3) is 0.211. The number of anilines is 3. The predicted molar refractivity (Wildman–Crippen MR) is 179 cm³/mol. The first-order valence-electron chi connectivity index (χ1n) is 15.3. The normalized spacial score (nSPS) is 15.8. The monoisotopic (exact) mass is 615 g/mol. The summed E-state index contributed by atoms with van der Waals surface area (Å²) in [5.74, 6) is -0.286. The first-order valence-corrected chi connectivity index (χ1v) is 15.3. The summed E-state index contributed by atoms with van der Waals surface area (Å²) < 4.78 is 16.6. The summed E-state index contributed by atoms with van der Waals surface area (Å²) in [6.07, 6.45) is 1.81. The summed E-state index contributed by atoms with van der Waals surface area (Å²) in [6.45, 7) is 4.62. The molecule has 0 aromatic heterocycles. The molecule has 1 spiro atoms. The maximum absolute atomic E-state index is 14.3. The van der Waals surface area contributed by atoms with E-state index in [1.165, 1.54) is 7.11 Å². The first kappa shape index (κ1) is 30.5. The van der Waals surface area contributed by atoms with E-state index in [4.69, 9.17) is 14.2 Å². The van der Waals surface area contributed by atoms with Crippen molar-refractivity contribution in [3.05, 3.63) is 143 Å². The zero-order valence-electron chi connectivity index (χ0n) is 26.5. The van der Waals surface area contributed by atoms with Gasteiger partial charge in [-0.05, 0) is 61.4 Å². The number of rotatable bonds is 9. The van der Waals surface area contributed by atoms with E-state index < -0.39 is 17.6 Å². The van der Waals surface area contributed by atoms with Crippen LogP contribution in [0.4, 0.5) is 17.1 Å². The van der Waals surface area contributed by atoms with Gasteiger partial charge in [-0.25, -0.2) is 9.59 Å². The van der Waals surface area contributed by atoms with Gasteiger partial charge in [0.1, 0.15) is 11.3 Å². The lowest BCUT2D eigenvalue weighted by molar-refractivity contribution is -0.139. The maximum atomic E-state index is 14.3. The average Bonchev–Trinajstić information content (AvgIpc) is 3.58. The smallest absolute Gasteiger partial charge is 0.340 e. The number of fused-ring (bicyclic) bond motifs is 1. The molecular formula is C38H37N3O5. The number of benzene rings is 4. The SMILES string of the molecule is CCOC(=O)C1=CN(c2ccc(OC)cc2)/C(=C(\C)C(=O)OC)C12N(Cc1ccccc1)c1ccccc1N2Cc1ccccc1. The number of hydrogen-bond donors (Lipinski definition) is 0. The van der Waals surface area contributed by atoms with Gasteiger partial charge in [0.2, 0.25) is 0 Å². The molecule has 0 unspecified atom stereocenters. The third-order valence-electron chi connectivity index (χ3n) is 8.51. The van der Waals surface area contributed by atoms with E-state index in [1.807, 2.05) is 83.9 Å². The lowest BCUT2D eigenvalue weighted by Crippen LogP contribution is -2.61. The van der Waals surface area contributed by atoms with Crippen molar-refractivity contribution in [2.24, 2.45) is 0 Å². The molecule has 0 aliphatic carbocycles. The highest BCUT2D eigenvalue weighted by atomic mass is 16.5. The third kappa shape index (κ3) is 5.15. The summed E-state index contributed by atoms with van der Waals surface area (Å²) in [4.78, 5) is 34.3. The van der Waals surface area contributed by atoms with Crippen molar-refractivity contribution >= 4 is 29.0 Å². The molecule has 0 radical (unpaired) electrons. The Morgan fingerprint density at radius 2 is 1.24 bits per heavy atom. The molecule has 0 fully saturated rings. The van der Waals surface area contributed by atoms with E-state index in [0.29, 0.717) is 35.7 Å². The second-order valence-electron chi connectivity index (χ2n) is 11.1. The Kier molecular flexibility index (Phi) is 8.53. The van der Waals surface area contributed by atoms with Crippen LogP contribution in [0.1, 0.15) is 25.0 Å². The van der Waals surface area contributed by atoms with Crippen LogP contribution < -0.4 is 19.4 Å². The molecule has 2 heterocycles. The second kappa shape index (κ2) is 12.9. The molecule has 0 atom stereocenters. The van der Waals surface area contributed by atoms with Gasteiger partial charge in [0.25, 0.3) is 0 Å². The molecule has 0 bridgehead atoms. The van der Waals surface area contributed by atoms with Gasteiger partial charge < -0.3 is 28.9 Å². The van der Waals surface area contributed by atoms with Gasteiger partial charge in [0, 0.05) is 25.0 Å². The van der Waals surface area contributed by atoms with E-state index in [1.54, 1.807) is 21.0 Å². The number of hydrogen-bond acceptors (Lipinski definition) is 8. The number of para-hydroxylation sites is 2. The van der Waals surface area contributed by atoms with Gasteiger partial charge in [0.15, 0.2) is 5.66 Å². The zero-order chi connectivity index (χ0) is 32.3. The number of ether oxygens (including phenoxy) is 3. The van der Waals surface area contributed by atoms with Crippen LogP contribution in [0.25, 0.3) is 0 Å². The van der Waals surface area contributed by atoms with Gasteiger partial charge in [-0.15, -0.1) is 0 Å². The van der Waals surface area contributed by atoms with Crippen molar-refractivity contribution in [1.29, 1.82) is 0 Å². The number of methoxy groups -OCH3 is 2. The average molecular weight is 616 g/mol. The molecule has 0 saturated heterocycles. The van der Waals surface area contributed by atoms with E-state index in [9.17, 15) is 9.59 Å². The quantitative estimate of drug-likeness (QED) is 0.150. The fourth-order valence-electron chi connectivity index (χ4n) is 6.51. The van der Waals surface area contributed by atoms with Crippen molar-refractivity contribution in [2.45, 2.75) is 32.6 Å².